The molecule has 3 heterocycles. The Morgan fingerprint density at radius 3 is 2.20 bits per heavy atom. The molecule has 49 heavy (non-hydrogen) atoms. The van der Waals surface area contributed by atoms with Gasteiger partial charge in [-0.15, -0.1) is 0 Å². The molecule has 10 nitrogen and oxygen atoms in total. The van der Waals surface area contributed by atoms with Crippen LogP contribution in [0.2, 0.25) is 0 Å². The highest BCUT2D eigenvalue weighted by Crippen LogP contribution is 2.39. The minimum Gasteiger partial charge on any atom is -0.475 e. The van der Waals surface area contributed by atoms with Crippen molar-refractivity contribution < 1.29 is 44.7 Å². The number of carboxylic acid groups (broad SMARTS) is 1. The number of nitrogens with one attached hydrogen (secondary N) is 1. The Hall–Kier alpha value is -4.77. The van der Waals surface area contributed by atoms with Crippen molar-refractivity contribution in [2.75, 3.05) is 5.32 Å². The number of anilines is 1. The number of halogens is 6. The van der Waals surface area contributed by atoms with Crippen LogP contribution in [0.15, 0.2) is 66.0 Å². The van der Waals surface area contributed by atoms with Gasteiger partial charge in [0.15, 0.2) is 0 Å². The summed E-state index contributed by atoms with van der Waals surface area (Å²) >= 11 is 0. The lowest BCUT2D eigenvalue weighted by molar-refractivity contribution is -0.192. The van der Waals surface area contributed by atoms with Crippen molar-refractivity contribution in [3.63, 3.8) is 0 Å². The van der Waals surface area contributed by atoms with Crippen LogP contribution in [0.4, 0.5) is 32.3 Å². The average Bonchev–Trinajstić information content (AvgIpc) is 3.42. The molecule has 2 atom stereocenters. The van der Waals surface area contributed by atoms with E-state index >= 15 is 0 Å². The maximum Gasteiger partial charge on any atom is 0.490 e. The molecule has 6 rings (SSSR count). The van der Waals surface area contributed by atoms with E-state index in [1.54, 1.807) is 31.5 Å². The van der Waals surface area contributed by atoms with Crippen molar-refractivity contribution in [1.29, 1.82) is 0 Å². The lowest BCUT2D eigenvalue weighted by Gasteiger charge is -2.29. The molecule has 0 spiro atoms. The number of pyridine rings is 1. The van der Waals surface area contributed by atoms with Crippen molar-refractivity contribution >= 4 is 43.7 Å². The lowest BCUT2D eigenvalue weighted by atomic mass is 9.91. The molecular formula is C32H30F6N6O4S. The maximum absolute atomic E-state index is 13.8. The third kappa shape index (κ3) is 7.46. The fourth-order valence-corrected chi connectivity index (χ4v) is 6.89. The Morgan fingerprint density at radius 2 is 1.59 bits per heavy atom. The summed E-state index contributed by atoms with van der Waals surface area (Å²) in [5.41, 5.74) is 8.12. The summed E-state index contributed by atoms with van der Waals surface area (Å²) in [4.78, 5) is 22.6. The number of hydrogen-bond donors (Lipinski definition) is 3. The second-order valence-electron chi connectivity index (χ2n) is 11.6. The fraction of sp³-hybridized carbons (Fsp3) is 0.312. The van der Waals surface area contributed by atoms with Gasteiger partial charge in [-0.05, 0) is 51.0 Å². The minimum absolute atomic E-state index is 0.00457. The van der Waals surface area contributed by atoms with E-state index in [0.29, 0.717) is 39.1 Å². The number of aryl methyl sites for hydroxylation is 2. The van der Waals surface area contributed by atoms with Crippen molar-refractivity contribution in [2.24, 2.45) is 5.73 Å². The number of alkyl halides is 6. The predicted molar refractivity (Wildman–Crippen MR) is 169 cm³/mol. The van der Waals surface area contributed by atoms with Crippen LogP contribution >= 0.6 is 0 Å². The number of carbonyl (C=O) groups is 1. The summed E-state index contributed by atoms with van der Waals surface area (Å²) in [6, 6.07) is 9.23. The topological polar surface area (TPSA) is 153 Å². The van der Waals surface area contributed by atoms with Gasteiger partial charge in [-0.25, -0.2) is 27.2 Å². The molecule has 1 fully saturated rings. The first-order chi connectivity index (χ1) is 22.9. The molecule has 1 aliphatic rings. The number of hydrogen-bond acceptors (Lipinski definition) is 8. The molecule has 260 valence electrons. The third-order valence-corrected chi connectivity index (χ3v) is 9.85. The summed E-state index contributed by atoms with van der Waals surface area (Å²) < 4.78 is 102. The fourth-order valence-electron chi connectivity index (χ4n) is 5.53. The van der Waals surface area contributed by atoms with E-state index in [-0.39, 0.29) is 22.5 Å². The molecule has 17 heteroatoms. The van der Waals surface area contributed by atoms with Crippen LogP contribution in [0.3, 0.4) is 0 Å². The predicted octanol–water partition coefficient (Wildman–Crippen LogP) is 6.83. The van der Waals surface area contributed by atoms with Crippen LogP contribution in [-0.4, -0.2) is 56.7 Å². The first-order valence-electron chi connectivity index (χ1n) is 14.9. The van der Waals surface area contributed by atoms with Crippen molar-refractivity contribution in [2.45, 2.75) is 68.9 Å². The van der Waals surface area contributed by atoms with Gasteiger partial charge in [0.1, 0.15) is 0 Å². The Bertz CT molecular complexity index is 2130. The van der Waals surface area contributed by atoms with E-state index in [0.717, 1.165) is 47.4 Å². The van der Waals surface area contributed by atoms with Crippen LogP contribution in [0.1, 0.15) is 42.5 Å². The van der Waals surface area contributed by atoms with E-state index in [9.17, 15) is 34.8 Å². The molecule has 3 aromatic heterocycles. The first kappa shape index (κ1) is 35.5. The van der Waals surface area contributed by atoms with Gasteiger partial charge in [-0.3, -0.25) is 4.98 Å². The number of aliphatic carboxylic acids is 1. The van der Waals surface area contributed by atoms with Gasteiger partial charge in [0.2, 0.25) is 5.95 Å². The summed E-state index contributed by atoms with van der Waals surface area (Å²) in [5.74, 6) is -2.39. The van der Waals surface area contributed by atoms with Gasteiger partial charge in [0.25, 0.3) is 10.0 Å². The van der Waals surface area contributed by atoms with Gasteiger partial charge in [-0.2, -0.15) is 26.3 Å². The summed E-state index contributed by atoms with van der Waals surface area (Å²) in [5, 5.41) is 11.4. The monoisotopic (exact) mass is 708 g/mol. The molecule has 0 saturated heterocycles. The molecule has 1 aliphatic carbocycles. The lowest BCUT2D eigenvalue weighted by Crippen LogP contribution is -2.42. The van der Waals surface area contributed by atoms with Crippen LogP contribution < -0.4 is 11.1 Å². The minimum atomic E-state index is -5.08. The summed E-state index contributed by atoms with van der Waals surface area (Å²) in [7, 11) is -4.26. The highest BCUT2D eigenvalue weighted by atomic mass is 32.2. The Balaban J connectivity index is 0.000000606. The molecular weight excluding hydrogens is 678 g/mol. The average molecular weight is 709 g/mol. The highest BCUT2D eigenvalue weighted by molar-refractivity contribution is 7.90. The molecule has 1 saturated carbocycles. The van der Waals surface area contributed by atoms with Gasteiger partial charge < -0.3 is 16.2 Å². The van der Waals surface area contributed by atoms with E-state index < -0.39 is 33.9 Å². The SMILES string of the molecule is Cc1ccc(S(=O)(=O)n2cc(-c3cnc(C)c4cnc(N[C@@H]5CCCC[C@@H]5N)nc34)c3ccc(C(F)(F)F)cc32)cc1.O=C(O)C(F)(F)F. The van der Waals surface area contributed by atoms with Gasteiger partial charge >= 0.3 is 18.3 Å². The van der Waals surface area contributed by atoms with Crippen molar-refractivity contribution in [1.82, 2.24) is 18.9 Å². The smallest absolute Gasteiger partial charge is 0.475 e. The Labute approximate surface area is 276 Å². The quantitative estimate of drug-likeness (QED) is 0.167. The van der Waals surface area contributed by atoms with Crippen LogP contribution in [0, 0.1) is 13.8 Å². The number of rotatable bonds is 5. The van der Waals surface area contributed by atoms with Crippen molar-refractivity contribution in [3.05, 3.63) is 77.9 Å². The summed E-state index contributed by atoms with van der Waals surface area (Å²) in [6.45, 7) is 3.62. The molecule has 2 aromatic carbocycles. The largest absolute Gasteiger partial charge is 0.490 e. The van der Waals surface area contributed by atoms with Gasteiger partial charge in [-0.1, -0.05) is 36.6 Å². The van der Waals surface area contributed by atoms with E-state index in [1.165, 1.54) is 24.4 Å². The zero-order chi connectivity index (χ0) is 35.9. The molecule has 0 unspecified atom stereocenters. The van der Waals surface area contributed by atoms with E-state index in [4.69, 9.17) is 20.6 Å². The molecule has 0 aliphatic heterocycles. The van der Waals surface area contributed by atoms with E-state index in [1.807, 2.05) is 6.92 Å². The van der Waals surface area contributed by atoms with Crippen LogP contribution in [0.5, 0.6) is 0 Å². The third-order valence-electron chi connectivity index (χ3n) is 8.16. The zero-order valence-corrected chi connectivity index (χ0v) is 26.8. The van der Waals surface area contributed by atoms with Gasteiger partial charge in [0, 0.05) is 58.3 Å². The van der Waals surface area contributed by atoms with Crippen LogP contribution in [0.25, 0.3) is 32.9 Å². The van der Waals surface area contributed by atoms with Gasteiger partial charge in [0.05, 0.1) is 21.5 Å². The number of fused-ring (bicyclic) bond motifs is 2. The Kier molecular flexibility index (Phi) is 9.62. The number of aromatic nitrogens is 4. The zero-order valence-electron chi connectivity index (χ0n) is 26.0. The number of benzene rings is 2. The number of nitrogens with two attached hydrogens (primary N) is 1. The second kappa shape index (κ2) is 13.3. The normalized spacial score (nSPS) is 17.1. The molecule has 0 radical (unpaired) electrons. The van der Waals surface area contributed by atoms with Crippen LogP contribution in [-0.2, 0) is 21.0 Å². The maximum atomic E-state index is 13.8. The molecule has 0 bridgehead atoms. The van der Waals surface area contributed by atoms with Crippen molar-refractivity contribution in [3.8, 4) is 11.1 Å². The second-order valence-corrected chi connectivity index (χ2v) is 13.4. The van der Waals surface area contributed by atoms with E-state index in [2.05, 4.69) is 15.3 Å². The molecule has 5 aromatic rings. The number of carboxylic acids is 1. The summed E-state index contributed by atoms with van der Waals surface area (Å²) in [6.07, 6.45) is -1.29. The first-order valence-corrected chi connectivity index (χ1v) is 16.3. The molecule has 4 N–H and O–H groups in total. The molecule has 0 amide bonds. The number of nitrogens with zero attached hydrogens (tertiary/aromatic N) is 4. The standard InChI is InChI=1S/C30H29F3N6O2S.C2HF3O2/c1-17-7-10-20(11-8-17)42(40,41)39-16-24(21-12-9-19(13-27(21)39)30(31,32)33)23-15-35-18(2)22-14-36-29(38-28(22)23)37-26-6-4-3-5-25(26)34;3-2(4,5)1(6)7/h7-16,25-26H,3-6,34H2,1-2H3,(H,36,37,38);(H,6,7)/t25-,26+;/m0./s1. The highest BCUT2D eigenvalue weighted by Gasteiger charge is 2.38. The Morgan fingerprint density at radius 1 is 0.939 bits per heavy atom.